The lowest BCUT2D eigenvalue weighted by Gasteiger charge is -2.16. The molecule has 30 heavy (non-hydrogen) atoms. The van der Waals surface area contributed by atoms with Gasteiger partial charge in [0.15, 0.2) is 9.84 Å². The zero-order valence-corrected chi connectivity index (χ0v) is 17.1. The maximum atomic E-state index is 12.9. The van der Waals surface area contributed by atoms with Gasteiger partial charge in [0, 0.05) is 36.8 Å². The van der Waals surface area contributed by atoms with Gasteiger partial charge in [0.2, 0.25) is 10.1 Å². The van der Waals surface area contributed by atoms with Crippen LogP contribution < -0.4 is 4.90 Å². The van der Waals surface area contributed by atoms with Crippen molar-refractivity contribution in [1.29, 1.82) is 0 Å². The molecule has 14 heteroatoms. The molecule has 9 nitrogen and oxygen atoms in total. The smallest absolute Gasteiger partial charge is 0.284 e. The van der Waals surface area contributed by atoms with Gasteiger partial charge in [0.25, 0.3) is 5.91 Å². The van der Waals surface area contributed by atoms with Crippen molar-refractivity contribution in [2.45, 2.75) is 18.0 Å². The average Bonchev–Trinajstić information content (AvgIpc) is 3.24. The Morgan fingerprint density at radius 3 is 2.37 bits per heavy atom. The molecule has 0 saturated carbocycles. The highest BCUT2D eigenvalue weighted by atomic mass is 32.2. The minimum atomic E-state index is -4.71. The maximum absolute atomic E-state index is 12.9. The molecule has 0 radical (unpaired) electrons. The standard InChI is InChI=1S/C16H13F3N6O3S2/c1-3-30(27,28)11-4-9(10-5-20-8-21-6-10)7-22-12(11)13(26)25(2)15-24-23-14(29-15)16(17,18)19/h4-8H,3H2,1-2H3. The fraction of sp³-hybridized carbons (Fsp3) is 0.250. The van der Waals surface area contributed by atoms with Gasteiger partial charge in [-0.1, -0.05) is 18.3 Å². The van der Waals surface area contributed by atoms with Gasteiger partial charge in [-0.05, 0) is 6.07 Å². The van der Waals surface area contributed by atoms with Crippen LogP contribution in [0.25, 0.3) is 11.1 Å². The van der Waals surface area contributed by atoms with Gasteiger partial charge >= 0.3 is 6.18 Å². The van der Waals surface area contributed by atoms with Crippen molar-refractivity contribution in [3.8, 4) is 11.1 Å². The topological polar surface area (TPSA) is 119 Å². The van der Waals surface area contributed by atoms with Gasteiger partial charge in [-0.3, -0.25) is 9.69 Å². The van der Waals surface area contributed by atoms with E-state index in [0.717, 1.165) is 11.9 Å². The second-order valence-corrected chi connectivity index (χ2v) is 9.06. The van der Waals surface area contributed by atoms with E-state index in [2.05, 4.69) is 25.1 Å². The summed E-state index contributed by atoms with van der Waals surface area (Å²) in [6.07, 6.45) is 0.731. The van der Waals surface area contributed by atoms with Crippen LogP contribution in [0.2, 0.25) is 0 Å². The molecule has 158 valence electrons. The van der Waals surface area contributed by atoms with Crippen LogP contribution in [-0.2, 0) is 16.0 Å². The maximum Gasteiger partial charge on any atom is 0.445 e. The highest BCUT2D eigenvalue weighted by Gasteiger charge is 2.37. The Bertz CT molecular complexity index is 1180. The summed E-state index contributed by atoms with van der Waals surface area (Å²) in [5, 5.41) is 4.81. The van der Waals surface area contributed by atoms with E-state index < -0.39 is 32.6 Å². The van der Waals surface area contributed by atoms with Gasteiger partial charge in [-0.25, -0.2) is 23.4 Å². The van der Waals surface area contributed by atoms with Crippen LogP contribution in [0, 0.1) is 0 Å². The van der Waals surface area contributed by atoms with E-state index in [0.29, 0.717) is 11.1 Å². The van der Waals surface area contributed by atoms with E-state index in [-0.39, 0.29) is 27.1 Å². The lowest BCUT2D eigenvalue weighted by molar-refractivity contribution is -0.138. The van der Waals surface area contributed by atoms with Crippen LogP contribution in [-0.4, -0.2) is 52.3 Å². The summed E-state index contributed by atoms with van der Waals surface area (Å²) in [6.45, 7) is 1.39. The first-order valence-corrected chi connectivity index (χ1v) is 10.7. The molecule has 3 aromatic heterocycles. The van der Waals surface area contributed by atoms with Crippen molar-refractivity contribution >= 4 is 32.2 Å². The summed E-state index contributed by atoms with van der Waals surface area (Å²) in [5.41, 5.74) is 0.393. The predicted molar refractivity (Wildman–Crippen MR) is 101 cm³/mol. The Kier molecular flexibility index (Phi) is 5.81. The molecule has 0 aliphatic carbocycles. The van der Waals surface area contributed by atoms with E-state index in [4.69, 9.17) is 0 Å². The number of hydrogen-bond donors (Lipinski definition) is 0. The predicted octanol–water partition coefficient (Wildman–Crippen LogP) is 2.48. The first kappa shape index (κ1) is 21.7. The minimum Gasteiger partial charge on any atom is -0.284 e. The number of hydrogen-bond acceptors (Lipinski definition) is 9. The molecule has 0 fully saturated rings. The number of anilines is 1. The number of amides is 1. The molecule has 3 heterocycles. The fourth-order valence-corrected chi connectivity index (χ4v) is 4.04. The summed E-state index contributed by atoms with van der Waals surface area (Å²) >= 11 is 0.154. The molecule has 3 rings (SSSR count). The average molecular weight is 458 g/mol. The molecule has 0 bridgehead atoms. The van der Waals surface area contributed by atoms with E-state index in [1.54, 1.807) is 0 Å². The number of halogens is 3. The largest absolute Gasteiger partial charge is 0.445 e. The molecule has 0 aromatic carbocycles. The van der Waals surface area contributed by atoms with Crippen molar-refractivity contribution in [3.05, 3.63) is 41.7 Å². The normalized spacial score (nSPS) is 12.0. The Hall–Kier alpha value is -3.00. The van der Waals surface area contributed by atoms with Crippen LogP contribution in [0.4, 0.5) is 18.3 Å². The van der Waals surface area contributed by atoms with Crippen molar-refractivity contribution in [3.63, 3.8) is 0 Å². The SMILES string of the molecule is CCS(=O)(=O)c1cc(-c2cncnc2)cnc1C(=O)N(C)c1nnc(C(F)(F)F)s1. The van der Waals surface area contributed by atoms with Crippen molar-refractivity contribution in [2.24, 2.45) is 0 Å². The molecule has 0 saturated heterocycles. The Balaban J connectivity index is 2.06. The highest BCUT2D eigenvalue weighted by Crippen LogP contribution is 2.34. The molecule has 0 aliphatic heterocycles. The molecule has 1 amide bonds. The zero-order valence-electron chi connectivity index (χ0n) is 15.5. The fourth-order valence-electron chi connectivity index (χ4n) is 2.32. The van der Waals surface area contributed by atoms with Crippen LogP contribution in [0.5, 0.6) is 0 Å². The molecular formula is C16H13F3N6O3S2. The summed E-state index contributed by atoms with van der Waals surface area (Å²) in [7, 11) is -2.74. The van der Waals surface area contributed by atoms with Crippen molar-refractivity contribution in [1.82, 2.24) is 25.1 Å². The van der Waals surface area contributed by atoms with Gasteiger partial charge in [0.1, 0.15) is 12.0 Å². The Morgan fingerprint density at radius 2 is 1.80 bits per heavy atom. The van der Waals surface area contributed by atoms with Gasteiger partial charge in [-0.2, -0.15) is 13.2 Å². The third-order valence-electron chi connectivity index (χ3n) is 3.91. The number of pyridine rings is 1. The number of carbonyl (C=O) groups is 1. The summed E-state index contributed by atoms with van der Waals surface area (Å²) < 4.78 is 63.5. The number of alkyl halides is 3. The first-order valence-electron chi connectivity index (χ1n) is 8.21. The lowest BCUT2D eigenvalue weighted by Crippen LogP contribution is -2.29. The number of aromatic nitrogens is 5. The number of rotatable bonds is 5. The monoisotopic (exact) mass is 458 g/mol. The van der Waals surface area contributed by atoms with E-state index in [1.807, 2.05) is 0 Å². The van der Waals surface area contributed by atoms with E-state index in [1.165, 1.54) is 37.9 Å². The summed E-state index contributed by atoms with van der Waals surface area (Å²) in [4.78, 5) is 25.0. The van der Waals surface area contributed by atoms with E-state index >= 15 is 0 Å². The third-order valence-corrected chi connectivity index (χ3v) is 6.70. The molecule has 0 spiro atoms. The minimum absolute atomic E-state index is 0.154. The van der Waals surface area contributed by atoms with Crippen LogP contribution in [0.3, 0.4) is 0 Å². The lowest BCUT2D eigenvalue weighted by atomic mass is 10.1. The molecule has 0 atom stereocenters. The molecule has 0 N–H and O–H groups in total. The third kappa shape index (κ3) is 4.28. The van der Waals surface area contributed by atoms with Crippen molar-refractivity contribution in [2.75, 3.05) is 17.7 Å². The quantitative estimate of drug-likeness (QED) is 0.572. The van der Waals surface area contributed by atoms with Crippen LogP contribution >= 0.6 is 11.3 Å². The van der Waals surface area contributed by atoms with Crippen molar-refractivity contribution < 1.29 is 26.4 Å². The van der Waals surface area contributed by atoms with Gasteiger partial charge < -0.3 is 0 Å². The second-order valence-electron chi connectivity index (χ2n) is 5.85. The molecular weight excluding hydrogens is 445 g/mol. The number of nitrogens with zero attached hydrogens (tertiary/aromatic N) is 6. The Labute approximate surface area is 172 Å². The molecule has 3 aromatic rings. The van der Waals surface area contributed by atoms with Crippen LogP contribution in [0.15, 0.2) is 35.9 Å². The zero-order chi connectivity index (χ0) is 22.1. The van der Waals surface area contributed by atoms with E-state index in [9.17, 15) is 26.4 Å². The van der Waals surface area contributed by atoms with Gasteiger partial charge in [0.05, 0.1) is 10.6 Å². The molecule has 0 unspecified atom stereocenters. The van der Waals surface area contributed by atoms with Crippen LogP contribution in [0.1, 0.15) is 22.4 Å². The molecule has 0 aliphatic rings. The summed E-state index contributed by atoms with van der Waals surface area (Å²) in [6, 6.07) is 1.26. The number of carbonyl (C=O) groups excluding carboxylic acids is 1. The Morgan fingerprint density at radius 1 is 1.13 bits per heavy atom. The summed E-state index contributed by atoms with van der Waals surface area (Å²) in [5.74, 6) is -1.26. The first-order chi connectivity index (χ1) is 14.0. The second kappa shape index (κ2) is 8.02. The number of sulfone groups is 1. The highest BCUT2D eigenvalue weighted by molar-refractivity contribution is 7.91. The van der Waals surface area contributed by atoms with Gasteiger partial charge in [-0.15, -0.1) is 10.2 Å².